The number of hydrogen-bond donors (Lipinski definition) is 0. The summed E-state index contributed by atoms with van der Waals surface area (Å²) in [6.45, 7) is 11.4. The van der Waals surface area contributed by atoms with Gasteiger partial charge in [0.05, 0.1) is 12.7 Å². The number of allylic oxidation sites excluding steroid dienone is 3. The maximum atomic E-state index is 11.1. The summed E-state index contributed by atoms with van der Waals surface area (Å²) in [5, 5.41) is 0. The Hall–Kier alpha value is -1.09. The molecule has 0 aliphatic rings. The first kappa shape index (κ1) is 20.9. The van der Waals surface area contributed by atoms with Crippen LogP contribution in [0.1, 0.15) is 66.7 Å². The van der Waals surface area contributed by atoms with Gasteiger partial charge in [-0.3, -0.25) is 0 Å². The Labute approximate surface area is 136 Å². The second kappa shape index (κ2) is 11.5. The zero-order chi connectivity index (χ0) is 17.0. The smallest absolute Gasteiger partial charge is 0.330 e. The molecule has 0 rings (SSSR count). The number of ether oxygens (including phenoxy) is 2. The van der Waals surface area contributed by atoms with Crippen molar-refractivity contribution in [1.82, 2.24) is 0 Å². The Bertz CT molecular complexity index is 367. The average Bonchev–Trinajstić information content (AvgIpc) is 2.43. The van der Waals surface area contributed by atoms with E-state index in [0.717, 1.165) is 25.0 Å². The van der Waals surface area contributed by atoms with Gasteiger partial charge in [0.15, 0.2) is 0 Å². The second-order valence-corrected chi connectivity index (χ2v) is 6.58. The molecule has 0 fully saturated rings. The van der Waals surface area contributed by atoms with Gasteiger partial charge in [-0.1, -0.05) is 31.9 Å². The Kier molecular flexibility index (Phi) is 10.9. The fraction of sp³-hybridized carbons (Fsp3) is 0.737. The normalized spacial score (nSPS) is 14.4. The van der Waals surface area contributed by atoms with Crippen LogP contribution in [0.4, 0.5) is 0 Å². The predicted octanol–water partition coefficient (Wildman–Crippen LogP) is 5.06. The number of carbonyl (C=O) groups excluding carboxylic acids is 1. The van der Waals surface area contributed by atoms with Crippen molar-refractivity contribution in [3.8, 4) is 0 Å². The molecule has 0 saturated carbocycles. The van der Waals surface area contributed by atoms with Crippen LogP contribution in [0.15, 0.2) is 23.8 Å². The summed E-state index contributed by atoms with van der Waals surface area (Å²) in [7, 11) is 1.39. The van der Waals surface area contributed by atoms with Gasteiger partial charge >= 0.3 is 5.97 Å². The molecule has 22 heavy (non-hydrogen) atoms. The number of methoxy groups -OCH3 is 1. The fourth-order valence-corrected chi connectivity index (χ4v) is 2.43. The van der Waals surface area contributed by atoms with Crippen molar-refractivity contribution in [3.05, 3.63) is 23.8 Å². The monoisotopic (exact) mass is 310 g/mol. The van der Waals surface area contributed by atoms with E-state index < -0.39 is 0 Å². The quantitative estimate of drug-likeness (QED) is 0.304. The zero-order valence-electron chi connectivity index (χ0n) is 15.3. The molecule has 0 saturated heterocycles. The molecule has 0 aliphatic carbocycles. The third-order valence-electron chi connectivity index (χ3n) is 3.76. The summed E-state index contributed by atoms with van der Waals surface area (Å²) in [6, 6.07) is 0. The molecular formula is C19H34O3. The van der Waals surface area contributed by atoms with Crippen molar-refractivity contribution in [3.63, 3.8) is 0 Å². The Morgan fingerprint density at radius 1 is 1.27 bits per heavy atom. The molecule has 0 spiro atoms. The lowest BCUT2D eigenvalue weighted by Gasteiger charge is -2.25. The topological polar surface area (TPSA) is 35.5 Å². The standard InChI is InChI=1S/C19H34O3/c1-7-22-19(4,5)14-10-13-16(2)11-8-9-12-17(3)15-18(20)21-6/h9,12,15-16H,7-8,10-11,13-14H2,1-6H3. The molecule has 0 amide bonds. The lowest BCUT2D eigenvalue weighted by Crippen LogP contribution is -2.24. The van der Waals surface area contributed by atoms with Crippen molar-refractivity contribution in [1.29, 1.82) is 0 Å². The van der Waals surface area contributed by atoms with Gasteiger partial charge in [0.25, 0.3) is 0 Å². The number of hydrogen-bond acceptors (Lipinski definition) is 3. The molecule has 0 radical (unpaired) electrons. The molecule has 128 valence electrons. The molecule has 1 unspecified atom stereocenters. The molecule has 0 N–H and O–H groups in total. The maximum Gasteiger partial charge on any atom is 0.330 e. The number of esters is 1. The summed E-state index contributed by atoms with van der Waals surface area (Å²) >= 11 is 0. The highest BCUT2D eigenvalue weighted by atomic mass is 16.5. The molecule has 0 heterocycles. The van der Waals surface area contributed by atoms with Gasteiger partial charge in [0, 0.05) is 12.7 Å². The van der Waals surface area contributed by atoms with E-state index in [1.165, 1.54) is 32.4 Å². The minimum atomic E-state index is -0.299. The predicted molar refractivity (Wildman–Crippen MR) is 92.9 cm³/mol. The highest BCUT2D eigenvalue weighted by Crippen LogP contribution is 2.21. The SMILES string of the molecule is CCOC(C)(C)CCCC(C)CCC=CC(C)=CC(=O)OC. The van der Waals surface area contributed by atoms with Gasteiger partial charge in [0.1, 0.15) is 0 Å². The highest BCUT2D eigenvalue weighted by Gasteiger charge is 2.17. The molecule has 0 bridgehead atoms. The molecule has 3 heteroatoms. The number of carbonyl (C=O) groups is 1. The molecule has 0 aromatic rings. The fourth-order valence-electron chi connectivity index (χ4n) is 2.43. The van der Waals surface area contributed by atoms with E-state index in [1.54, 1.807) is 0 Å². The van der Waals surface area contributed by atoms with E-state index in [1.807, 2.05) is 19.9 Å². The molecule has 1 atom stereocenters. The third-order valence-corrected chi connectivity index (χ3v) is 3.76. The van der Waals surface area contributed by atoms with Crippen LogP contribution < -0.4 is 0 Å². The van der Waals surface area contributed by atoms with Crippen LogP contribution in [-0.4, -0.2) is 25.3 Å². The molecule has 0 aromatic carbocycles. The van der Waals surface area contributed by atoms with Crippen LogP contribution in [0.2, 0.25) is 0 Å². The lowest BCUT2D eigenvalue weighted by atomic mass is 9.94. The van der Waals surface area contributed by atoms with Crippen LogP contribution in [0.25, 0.3) is 0 Å². The van der Waals surface area contributed by atoms with Crippen LogP contribution in [-0.2, 0) is 14.3 Å². The second-order valence-electron chi connectivity index (χ2n) is 6.58. The third kappa shape index (κ3) is 11.6. The minimum absolute atomic E-state index is 0.00413. The number of rotatable bonds is 11. The van der Waals surface area contributed by atoms with Gasteiger partial charge in [0.2, 0.25) is 0 Å². The summed E-state index contributed by atoms with van der Waals surface area (Å²) < 4.78 is 10.3. The van der Waals surface area contributed by atoms with E-state index in [2.05, 4.69) is 31.6 Å². The molecule has 0 aromatic heterocycles. The molecule has 3 nitrogen and oxygen atoms in total. The van der Waals surface area contributed by atoms with Crippen molar-refractivity contribution >= 4 is 5.97 Å². The van der Waals surface area contributed by atoms with E-state index in [9.17, 15) is 4.79 Å². The van der Waals surface area contributed by atoms with E-state index in [4.69, 9.17) is 4.74 Å². The van der Waals surface area contributed by atoms with Gasteiger partial charge in [-0.25, -0.2) is 4.79 Å². The summed E-state index contributed by atoms with van der Waals surface area (Å²) in [5.74, 6) is 0.416. The summed E-state index contributed by atoms with van der Waals surface area (Å²) in [6.07, 6.45) is 11.4. The van der Waals surface area contributed by atoms with E-state index in [0.29, 0.717) is 5.92 Å². The lowest BCUT2D eigenvalue weighted by molar-refractivity contribution is -0.134. The van der Waals surface area contributed by atoms with E-state index in [-0.39, 0.29) is 11.6 Å². The van der Waals surface area contributed by atoms with Gasteiger partial charge < -0.3 is 9.47 Å². The first-order chi connectivity index (χ1) is 10.3. The average molecular weight is 310 g/mol. The van der Waals surface area contributed by atoms with Gasteiger partial charge in [-0.2, -0.15) is 0 Å². The highest BCUT2D eigenvalue weighted by molar-refractivity contribution is 5.83. The van der Waals surface area contributed by atoms with E-state index >= 15 is 0 Å². The van der Waals surface area contributed by atoms with Crippen molar-refractivity contribution in [2.45, 2.75) is 72.3 Å². The first-order valence-electron chi connectivity index (χ1n) is 8.37. The first-order valence-corrected chi connectivity index (χ1v) is 8.37. The van der Waals surface area contributed by atoms with Crippen molar-refractivity contribution < 1.29 is 14.3 Å². The molecular weight excluding hydrogens is 276 g/mol. The van der Waals surface area contributed by atoms with Crippen LogP contribution in [0, 0.1) is 5.92 Å². The van der Waals surface area contributed by atoms with Crippen LogP contribution in [0.3, 0.4) is 0 Å². The Balaban J connectivity index is 3.88. The maximum absolute atomic E-state index is 11.1. The van der Waals surface area contributed by atoms with Gasteiger partial charge in [-0.05, 0) is 58.4 Å². The van der Waals surface area contributed by atoms with Crippen molar-refractivity contribution in [2.75, 3.05) is 13.7 Å². The van der Waals surface area contributed by atoms with Gasteiger partial charge in [-0.15, -0.1) is 0 Å². The zero-order valence-corrected chi connectivity index (χ0v) is 15.3. The molecule has 0 aliphatic heterocycles. The Morgan fingerprint density at radius 2 is 1.95 bits per heavy atom. The van der Waals surface area contributed by atoms with Crippen LogP contribution >= 0.6 is 0 Å². The van der Waals surface area contributed by atoms with Crippen molar-refractivity contribution in [2.24, 2.45) is 5.92 Å². The summed E-state index contributed by atoms with van der Waals surface area (Å²) in [4.78, 5) is 11.1. The van der Waals surface area contributed by atoms with Crippen LogP contribution in [0.5, 0.6) is 0 Å². The largest absolute Gasteiger partial charge is 0.466 e. The summed E-state index contributed by atoms with van der Waals surface area (Å²) in [5.41, 5.74) is 0.933. The minimum Gasteiger partial charge on any atom is -0.466 e. The Morgan fingerprint density at radius 3 is 2.55 bits per heavy atom.